The molecular formula is C7H11N5S. The van der Waals surface area contributed by atoms with Crippen LogP contribution in [0.5, 0.6) is 0 Å². The molecule has 1 rings (SSSR count). The van der Waals surface area contributed by atoms with E-state index < -0.39 is 0 Å². The number of thioether (sulfide) groups is 1. The van der Waals surface area contributed by atoms with Crippen LogP contribution < -0.4 is 0 Å². The van der Waals surface area contributed by atoms with Gasteiger partial charge in [-0.1, -0.05) is 18.7 Å². The molecule has 0 aliphatic rings. The molecule has 0 aromatic carbocycles. The van der Waals surface area contributed by atoms with Gasteiger partial charge < -0.3 is 0 Å². The second kappa shape index (κ2) is 4.82. The molecule has 6 heteroatoms. The SMILES string of the molecule is CCC(CC#N)Sc1nnnn1C. The zero-order chi connectivity index (χ0) is 9.68. The van der Waals surface area contributed by atoms with Crippen molar-refractivity contribution >= 4 is 11.8 Å². The Bertz CT molecular complexity index is 302. The predicted molar refractivity (Wildman–Crippen MR) is 49.0 cm³/mol. The fourth-order valence-corrected chi connectivity index (χ4v) is 1.74. The second-order valence-electron chi connectivity index (χ2n) is 2.60. The van der Waals surface area contributed by atoms with Gasteiger partial charge in [-0.05, 0) is 16.8 Å². The van der Waals surface area contributed by atoms with Crippen LogP contribution in [-0.2, 0) is 7.05 Å². The fourth-order valence-electron chi connectivity index (χ4n) is 0.841. The van der Waals surface area contributed by atoms with E-state index in [1.54, 1.807) is 23.5 Å². The number of aromatic nitrogens is 4. The average molecular weight is 197 g/mol. The summed E-state index contributed by atoms with van der Waals surface area (Å²) in [6.07, 6.45) is 1.49. The van der Waals surface area contributed by atoms with E-state index >= 15 is 0 Å². The normalized spacial score (nSPS) is 12.4. The van der Waals surface area contributed by atoms with Gasteiger partial charge in [0.15, 0.2) is 0 Å². The highest BCUT2D eigenvalue weighted by Crippen LogP contribution is 2.23. The first-order valence-corrected chi connectivity index (χ1v) is 4.91. The van der Waals surface area contributed by atoms with Crippen molar-refractivity contribution in [3.8, 4) is 6.07 Å². The summed E-state index contributed by atoms with van der Waals surface area (Å²) in [5.74, 6) is 0. The van der Waals surface area contributed by atoms with Crippen molar-refractivity contribution < 1.29 is 0 Å². The first-order chi connectivity index (χ1) is 6.27. The molecule has 13 heavy (non-hydrogen) atoms. The molecule has 0 amide bonds. The largest absolute Gasteiger partial charge is 0.224 e. The van der Waals surface area contributed by atoms with Crippen molar-refractivity contribution in [1.82, 2.24) is 20.2 Å². The fraction of sp³-hybridized carbons (Fsp3) is 0.714. The zero-order valence-corrected chi connectivity index (χ0v) is 8.45. The van der Waals surface area contributed by atoms with Crippen LogP contribution in [-0.4, -0.2) is 25.5 Å². The van der Waals surface area contributed by atoms with Crippen LogP contribution in [0.15, 0.2) is 5.16 Å². The molecule has 1 aromatic rings. The third kappa shape index (κ3) is 2.70. The molecule has 0 spiro atoms. The lowest BCUT2D eigenvalue weighted by Crippen LogP contribution is -2.02. The Morgan fingerprint density at radius 2 is 2.46 bits per heavy atom. The van der Waals surface area contributed by atoms with Crippen molar-refractivity contribution in [3.63, 3.8) is 0 Å². The minimum atomic E-state index is 0.287. The maximum Gasteiger partial charge on any atom is 0.209 e. The molecule has 0 fully saturated rings. The number of rotatable bonds is 4. The van der Waals surface area contributed by atoms with Gasteiger partial charge in [-0.15, -0.1) is 5.10 Å². The van der Waals surface area contributed by atoms with E-state index in [1.165, 1.54) is 0 Å². The smallest absolute Gasteiger partial charge is 0.209 e. The van der Waals surface area contributed by atoms with Crippen LogP contribution in [0, 0.1) is 11.3 Å². The summed E-state index contributed by atoms with van der Waals surface area (Å²) in [6.45, 7) is 2.05. The molecular weight excluding hydrogens is 186 g/mol. The Balaban J connectivity index is 2.57. The van der Waals surface area contributed by atoms with Crippen LogP contribution in [0.1, 0.15) is 19.8 Å². The molecule has 0 saturated heterocycles. The van der Waals surface area contributed by atoms with Crippen LogP contribution in [0.3, 0.4) is 0 Å². The summed E-state index contributed by atoms with van der Waals surface area (Å²) >= 11 is 1.55. The molecule has 70 valence electrons. The predicted octanol–water partition coefficient (Wildman–Crippen LogP) is 0.994. The van der Waals surface area contributed by atoms with E-state index in [2.05, 4.69) is 28.5 Å². The minimum absolute atomic E-state index is 0.287. The summed E-state index contributed by atoms with van der Waals surface area (Å²) < 4.78 is 1.62. The lowest BCUT2D eigenvalue weighted by molar-refractivity contribution is 0.662. The molecule has 1 heterocycles. The highest BCUT2D eigenvalue weighted by molar-refractivity contribution is 7.99. The van der Waals surface area contributed by atoms with E-state index in [4.69, 9.17) is 5.26 Å². The van der Waals surface area contributed by atoms with Crippen molar-refractivity contribution in [2.75, 3.05) is 0 Å². The van der Waals surface area contributed by atoms with Gasteiger partial charge >= 0.3 is 0 Å². The highest BCUT2D eigenvalue weighted by Gasteiger charge is 2.11. The lowest BCUT2D eigenvalue weighted by atomic mass is 10.3. The van der Waals surface area contributed by atoms with Gasteiger partial charge in [-0.3, -0.25) is 0 Å². The molecule has 5 nitrogen and oxygen atoms in total. The average Bonchev–Trinajstić information content (AvgIpc) is 2.51. The molecule has 1 unspecified atom stereocenters. The molecule has 1 aromatic heterocycles. The topological polar surface area (TPSA) is 67.4 Å². The number of nitrogens with zero attached hydrogens (tertiary/aromatic N) is 5. The van der Waals surface area contributed by atoms with Crippen molar-refractivity contribution in [2.45, 2.75) is 30.2 Å². The first kappa shape index (κ1) is 9.99. The van der Waals surface area contributed by atoms with E-state index in [-0.39, 0.29) is 5.25 Å². The number of tetrazole rings is 1. The minimum Gasteiger partial charge on any atom is -0.224 e. The van der Waals surface area contributed by atoms with Gasteiger partial charge in [0.05, 0.1) is 6.07 Å². The maximum absolute atomic E-state index is 8.54. The van der Waals surface area contributed by atoms with Crippen molar-refractivity contribution in [2.24, 2.45) is 7.05 Å². The van der Waals surface area contributed by atoms with E-state index in [9.17, 15) is 0 Å². The molecule has 0 saturated carbocycles. The first-order valence-electron chi connectivity index (χ1n) is 4.04. The van der Waals surface area contributed by atoms with Crippen molar-refractivity contribution in [1.29, 1.82) is 5.26 Å². The van der Waals surface area contributed by atoms with Crippen LogP contribution >= 0.6 is 11.8 Å². The van der Waals surface area contributed by atoms with Crippen molar-refractivity contribution in [3.05, 3.63) is 0 Å². The second-order valence-corrected chi connectivity index (χ2v) is 3.86. The molecule has 0 radical (unpaired) electrons. The Labute approximate surface area is 81.1 Å². The zero-order valence-electron chi connectivity index (χ0n) is 7.64. The van der Waals surface area contributed by atoms with E-state index in [0.29, 0.717) is 6.42 Å². The summed E-state index contributed by atoms with van der Waals surface area (Å²) in [6, 6.07) is 2.15. The van der Waals surface area contributed by atoms with Crippen LogP contribution in [0.4, 0.5) is 0 Å². The Morgan fingerprint density at radius 1 is 1.69 bits per heavy atom. The maximum atomic E-state index is 8.54. The number of hydrogen-bond acceptors (Lipinski definition) is 5. The Hall–Kier alpha value is -1.09. The van der Waals surface area contributed by atoms with Crippen LogP contribution in [0.25, 0.3) is 0 Å². The molecule has 1 atom stereocenters. The van der Waals surface area contributed by atoms with Gasteiger partial charge in [0.2, 0.25) is 5.16 Å². The third-order valence-corrected chi connectivity index (χ3v) is 3.02. The van der Waals surface area contributed by atoms with Gasteiger partial charge in [-0.2, -0.15) is 5.26 Å². The highest BCUT2D eigenvalue weighted by atomic mass is 32.2. The lowest BCUT2D eigenvalue weighted by Gasteiger charge is -2.07. The van der Waals surface area contributed by atoms with Gasteiger partial charge in [0.25, 0.3) is 0 Å². The molecule has 0 aliphatic heterocycles. The molecule has 0 bridgehead atoms. The van der Waals surface area contributed by atoms with Crippen LogP contribution in [0.2, 0.25) is 0 Å². The summed E-state index contributed by atoms with van der Waals surface area (Å²) in [4.78, 5) is 0. The van der Waals surface area contributed by atoms with E-state index in [1.807, 2.05) is 0 Å². The number of nitriles is 1. The van der Waals surface area contributed by atoms with E-state index in [0.717, 1.165) is 11.6 Å². The standard InChI is InChI=1S/C7H11N5S/c1-3-6(4-5-8)13-7-9-10-11-12(7)2/h6H,3-4H2,1-2H3. The Kier molecular flexibility index (Phi) is 3.71. The third-order valence-electron chi connectivity index (χ3n) is 1.63. The number of aryl methyl sites for hydroxylation is 1. The van der Waals surface area contributed by atoms with Gasteiger partial charge in [0, 0.05) is 18.7 Å². The van der Waals surface area contributed by atoms with Gasteiger partial charge in [-0.25, -0.2) is 4.68 Å². The summed E-state index contributed by atoms with van der Waals surface area (Å²) in [7, 11) is 1.79. The monoisotopic (exact) mass is 197 g/mol. The Morgan fingerprint density at radius 3 is 2.92 bits per heavy atom. The quantitative estimate of drug-likeness (QED) is 0.673. The number of hydrogen-bond donors (Lipinski definition) is 0. The van der Waals surface area contributed by atoms with Gasteiger partial charge in [0.1, 0.15) is 0 Å². The summed E-state index contributed by atoms with van der Waals surface area (Å²) in [5.41, 5.74) is 0. The molecule has 0 aliphatic carbocycles. The summed E-state index contributed by atoms with van der Waals surface area (Å²) in [5, 5.41) is 20.7. The molecule has 0 N–H and O–H groups in total.